The first kappa shape index (κ1) is 15.7. The van der Waals surface area contributed by atoms with E-state index in [2.05, 4.69) is 29.8 Å². The van der Waals surface area contributed by atoms with Gasteiger partial charge in [0.1, 0.15) is 17.4 Å². The highest BCUT2D eigenvalue weighted by Gasteiger charge is 2.25. The lowest BCUT2D eigenvalue weighted by molar-refractivity contribution is -0.0370. The molecule has 9 heteroatoms. The third-order valence-corrected chi connectivity index (χ3v) is 4.18. The van der Waals surface area contributed by atoms with Crippen molar-refractivity contribution in [1.82, 2.24) is 29.8 Å². The van der Waals surface area contributed by atoms with Crippen LogP contribution in [0.25, 0.3) is 11.2 Å². The summed E-state index contributed by atoms with van der Waals surface area (Å²) in [5.41, 5.74) is 8.28. The minimum Gasteiger partial charge on any atom is -0.495 e. The Morgan fingerprint density at radius 3 is 3.20 bits per heavy atom. The van der Waals surface area contributed by atoms with Crippen LogP contribution in [-0.2, 0) is 11.3 Å². The van der Waals surface area contributed by atoms with Crippen LogP contribution in [-0.4, -0.2) is 56.6 Å². The SMILES string of the molecule is COc1cncc(CN2CCOC(c3nc(N)c4[nH]cnc4n3)C2)c1. The second-order valence-electron chi connectivity index (χ2n) is 5.90. The first-order valence-electron chi connectivity index (χ1n) is 8.01. The Kier molecular flexibility index (Phi) is 4.16. The minimum absolute atomic E-state index is 0.240. The molecule has 4 heterocycles. The smallest absolute Gasteiger partial charge is 0.183 e. The van der Waals surface area contributed by atoms with Gasteiger partial charge in [0.15, 0.2) is 17.3 Å². The number of methoxy groups -OCH3 is 1. The molecule has 1 unspecified atom stereocenters. The van der Waals surface area contributed by atoms with E-state index in [4.69, 9.17) is 15.2 Å². The van der Waals surface area contributed by atoms with Crippen LogP contribution in [0.5, 0.6) is 5.75 Å². The van der Waals surface area contributed by atoms with Crippen LogP contribution in [0.15, 0.2) is 24.8 Å². The zero-order valence-electron chi connectivity index (χ0n) is 13.8. The summed E-state index contributed by atoms with van der Waals surface area (Å²) in [4.78, 5) is 22.4. The quantitative estimate of drug-likeness (QED) is 0.719. The number of nitrogens with two attached hydrogens (primary N) is 1. The number of aromatic amines is 1. The van der Waals surface area contributed by atoms with Crippen molar-refractivity contribution in [2.24, 2.45) is 0 Å². The van der Waals surface area contributed by atoms with Gasteiger partial charge in [-0.15, -0.1) is 0 Å². The van der Waals surface area contributed by atoms with E-state index in [-0.39, 0.29) is 6.10 Å². The van der Waals surface area contributed by atoms with Gasteiger partial charge in [0.05, 0.1) is 26.2 Å². The van der Waals surface area contributed by atoms with Gasteiger partial charge in [0.25, 0.3) is 0 Å². The number of nitrogens with zero attached hydrogens (tertiary/aromatic N) is 5. The molecule has 0 bridgehead atoms. The molecule has 1 aliphatic rings. The van der Waals surface area contributed by atoms with Gasteiger partial charge < -0.3 is 20.2 Å². The maximum atomic E-state index is 5.98. The van der Waals surface area contributed by atoms with E-state index in [1.165, 1.54) is 0 Å². The number of pyridine rings is 1. The third kappa shape index (κ3) is 3.24. The number of ether oxygens (including phenoxy) is 2. The lowest BCUT2D eigenvalue weighted by atomic mass is 10.2. The molecule has 1 atom stereocenters. The van der Waals surface area contributed by atoms with Crippen LogP contribution in [0.1, 0.15) is 17.5 Å². The van der Waals surface area contributed by atoms with E-state index in [1.54, 1.807) is 19.6 Å². The molecule has 3 aromatic rings. The first-order chi connectivity index (χ1) is 12.2. The molecule has 4 rings (SSSR count). The molecule has 3 aromatic heterocycles. The Morgan fingerprint density at radius 1 is 1.40 bits per heavy atom. The number of imidazole rings is 1. The van der Waals surface area contributed by atoms with Crippen molar-refractivity contribution in [3.05, 3.63) is 36.2 Å². The fourth-order valence-electron chi connectivity index (χ4n) is 2.94. The highest BCUT2D eigenvalue weighted by Crippen LogP contribution is 2.24. The number of aromatic nitrogens is 5. The molecule has 0 amide bonds. The number of rotatable bonds is 4. The molecule has 1 aliphatic heterocycles. The van der Waals surface area contributed by atoms with Gasteiger partial charge in [0, 0.05) is 25.8 Å². The summed E-state index contributed by atoms with van der Waals surface area (Å²) < 4.78 is 11.1. The van der Waals surface area contributed by atoms with Gasteiger partial charge >= 0.3 is 0 Å². The van der Waals surface area contributed by atoms with Crippen LogP contribution in [0.2, 0.25) is 0 Å². The molecule has 0 aliphatic carbocycles. The molecule has 1 fully saturated rings. The van der Waals surface area contributed by atoms with Gasteiger partial charge in [-0.3, -0.25) is 9.88 Å². The molecule has 25 heavy (non-hydrogen) atoms. The Bertz CT molecular complexity index is 882. The zero-order valence-corrected chi connectivity index (χ0v) is 13.8. The summed E-state index contributed by atoms with van der Waals surface area (Å²) in [7, 11) is 1.64. The predicted octanol–water partition coefficient (Wildman–Crippen LogP) is 0.912. The summed E-state index contributed by atoms with van der Waals surface area (Å²) >= 11 is 0. The molecular formula is C16H19N7O2. The topological polar surface area (TPSA) is 115 Å². The van der Waals surface area contributed by atoms with E-state index >= 15 is 0 Å². The fraction of sp³-hybridized carbons (Fsp3) is 0.375. The average molecular weight is 341 g/mol. The van der Waals surface area contributed by atoms with E-state index < -0.39 is 0 Å². The number of nitrogen functional groups attached to an aromatic ring is 1. The van der Waals surface area contributed by atoms with Crippen LogP contribution in [0.3, 0.4) is 0 Å². The summed E-state index contributed by atoms with van der Waals surface area (Å²) in [5, 5.41) is 0. The lowest BCUT2D eigenvalue weighted by Crippen LogP contribution is -2.38. The molecule has 0 aromatic carbocycles. The van der Waals surface area contributed by atoms with Crippen LogP contribution in [0, 0.1) is 0 Å². The number of anilines is 1. The Hall–Kier alpha value is -2.78. The van der Waals surface area contributed by atoms with Crippen LogP contribution >= 0.6 is 0 Å². The summed E-state index contributed by atoms with van der Waals surface area (Å²) in [6.07, 6.45) is 4.86. The van der Waals surface area contributed by atoms with Crippen molar-refractivity contribution in [1.29, 1.82) is 0 Å². The van der Waals surface area contributed by atoms with Gasteiger partial charge in [-0.05, 0) is 11.6 Å². The van der Waals surface area contributed by atoms with E-state index in [9.17, 15) is 0 Å². The summed E-state index contributed by atoms with van der Waals surface area (Å²) in [6.45, 7) is 2.86. The Morgan fingerprint density at radius 2 is 2.32 bits per heavy atom. The van der Waals surface area contributed by atoms with Gasteiger partial charge in [-0.2, -0.15) is 0 Å². The molecular weight excluding hydrogens is 322 g/mol. The molecule has 130 valence electrons. The number of H-pyrrole nitrogens is 1. The first-order valence-corrected chi connectivity index (χ1v) is 8.01. The largest absolute Gasteiger partial charge is 0.495 e. The normalized spacial score (nSPS) is 18.5. The molecule has 9 nitrogen and oxygen atoms in total. The second-order valence-corrected chi connectivity index (χ2v) is 5.90. The van der Waals surface area contributed by atoms with Crippen molar-refractivity contribution in [2.75, 3.05) is 32.5 Å². The van der Waals surface area contributed by atoms with Gasteiger partial charge in [-0.1, -0.05) is 0 Å². The van der Waals surface area contributed by atoms with Crippen molar-refractivity contribution in [3.63, 3.8) is 0 Å². The Labute approximate surface area is 144 Å². The lowest BCUT2D eigenvalue weighted by Gasteiger charge is -2.32. The predicted molar refractivity (Wildman–Crippen MR) is 90.9 cm³/mol. The van der Waals surface area contributed by atoms with Gasteiger partial charge in [-0.25, -0.2) is 15.0 Å². The fourth-order valence-corrected chi connectivity index (χ4v) is 2.94. The maximum absolute atomic E-state index is 5.98. The van der Waals surface area contributed by atoms with Crippen molar-refractivity contribution in [2.45, 2.75) is 12.6 Å². The van der Waals surface area contributed by atoms with Crippen molar-refractivity contribution < 1.29 is 9.47 Å². The van der Waals surface area contributed by atoms with Gasteiger partial charge in [0.2, 0.25) is 0 Å². The van der Waals surface area contributed by atoms with Crippen LogP contribution < -0.4 is 10.5 Å². The third-order valence-electron chi connectivity index (χ3n) is 4.18. The number of hydrogen-bond donors (Lipinski definition) is 2. The minimum atomic E-state index is -0.240. The van der Waals surface area contributed by atoms with Crippen molar-refractivity contribution in [3.8, 4) is 5.75 Å². The summed E-state index contributed by atoms with van der Waals surface area (Å²) in [5.74, 6) is 1.70. The van der Waals surface area contributed by atoms with E-state index in [1.807, 2.05) is 12.3 Å². The Balaban J connectivity index is 1.51. The highest BCUT2D eigenvalue weighted by molar-refractivity contribution is 5.80. The van der Waals surface area contributed by atoms with E-state index in [0.717, 1.165) is 24.4 Å². The standard InChI is InChI=1S/C16H19N7O2/c1-24-11-4-10(5-18-6-11)7-23-2-3-25-12(8-23)15-21-14(17)13-16(22-15)20-9-19-13/h4-6,9,12H,2-3,7-8H2,1H3,(H3,17,19,20,21,22). The molecule has 0 radical (unpaired) electrons. The average Bonchev–Trinajstić information content (AvgIpc) is 3.11. The number of fused-ring (bicyclic) bond motifs is 1. The summed E-state index contributed by atoms with van der Waals surface area (Å²) in [6, 6.07) is 1.99. The number of nitrogens with one attached hydrogen (secondary N) is 1. The number of hydrogen-bond acceptors (Lipinski definition) is 8. The molecule has 0 spiro atoms. The van der Waals surface area contributed by atoms with E-state index in [0.29, 0.717) is 36.0 Å². The monoisotopic (exact) mass is 341 g/mol. The molecule has 3 N–H and O–H groups in total. The number of morpholine rings is 1. The zero-order chi connectivity index (χ0) is 17.2. The second kappa shape index (κ2) is 6.61. The maximum Gasteiger partial charge on any atom is 0.183 e. The van der Waals surface area contributed by atoms with Crippen LogP contribution in [0.4, 0.5) is 5.82 Å². The highest BCUT2D eigenvalue weighted by atomic mass is 16.5. The molecule has 0 saturated carbocycles. The van der Waals surface area contributed by atoms with Crippen molar-refractivity contribution >= 4 is 17.0 Å². The molecule has 1 saturated heterocycles.